The quantitative estimate of drug-likeness (QED) is 0.255. The van der Waals surface area contributed by atoms with Crippen LogP contribution in [0.2, 0.25) is 0 Å². The number of aromatic nitrogens is 1. The van der Waals surface area contributed by atoms with E-state index in [4.69, 9.17) is 4.74 Å². The van der Waals surface area contributed by atoms with Crippen molar-refractivity contribution in [2.45, 2.75) is 38.5 Å². The largest absolute Gasteiger partial charge is 0.497 e. The van der Waals surface area contributed by atoms with Gasteiger partial charge in [-0.1, -0.05) is 61.9 Å². The predicted molar refractivity (Wildman–Crippen MR) is 153 cm³/mol. The zero-order valence-corrected chi connectivity index (χ0v) is 23.1. The molecular formula is C31H32N2O4S. The standard InChI is InChI=1S/C31H32N2O4S/c1-22(2)30-21-32(38(35,36)29-17-11-23(3)12-18-29)20-26(30)19-31(25-9-7-6-8-10-25)33(24(4)34)27-13-15-28(37-5)16-14-27/h6-22H,1-5H3/b31-19-. The van der Waals surface area contributed by atoms with E-state index in [-0.39, 0.29) is 16.7 Å². The number of benzene rings is 3. The molecule has 0 saturated carbocycles. The minimum absolute atomic E-state index is 0.0412. The summed E-state index contributed by atoms with van der Waals surface area (Å²) in [6, 6.07) is 23.7. The molecule has 6 nitrogen and oxygen atoms in total. The van der Waals surface area contributed by atoms with Crippen molar-refractivity contribution >= 4 is 33.4 Å². The number of rotatable bonds is 8. The van der Waals surface area contributed by atoms with E-state index in [1.807, 2.05) is 69.3 Å². The molecule has 0 aliphatic rings. The van der Waals surface area contributed by atoms with Crippen LogP contribution < -0.4 is 9.64 Å². The Labute approximate surface area is 224 Å². The van der Waals surface area contributed by atoms with Gasteiger partial charge in [-0.2, -0.15) is 0 Å². The van der Waals surface area contributed by atoms with Crippen molar-refractivity contribution in [2.24, 2.45) is 0 Å². The number of hydrogen-bond donors (Lipinski definition) is 0. The Hall–Kier alpha value is -4.10. The van der Waals surface area contributed by atoms with Crippen molar-refractivity contribution in [3.63, 3.8) is 0 Å². The minimum Gasteiger partial charge on any atom is -0.497 e. The van der Waals surface area contributed by atoms with Gasteiger partial charge in [0.1, 0.15) is 5.75 Å². The third kappa shape index (κ3) is 5.58. The highest BCUT2D eigenvalue weighted by atomic mass is 32.2. The number of amides is 1. The SMILES string of the molecule is COc1ccc(N(C(C)=O)/C(=C\c2cn(S(=O)(=O)c3ccc(C)cc3)cc2C(C)C)c2ccccc2)cc1. The van der Waals surface area contributed by atoms with E-state index >= 15 is 0 Å². The highest BCUT2D eigenvalue weighted by molar-refractivity contribution is 7.90. The number of nitrogens with zero attached hydrogens (tertiary/aromatic N) is 2. The lowest BCUT2D eigenvalue weighted by Gasteiger charge is -2.25. The van der Waals surface area contributed by atoms with Gasteiger partial charge in [0.15, 0.2) is 0 Å². The van der Waals surface area contributed by atoms with Gasteiger partial charge in [0.25, 0.3) is 10.0 Å². The summed E-state index contributed by atoms with van der Waals surface area (Å²) in [7, 11) is -2.20. The third-order valence-electron chi connectivity index (χ3n) is 6.33. The van der Waals surface area contributed by atoms with Crippen LogP contribution in [0.3, 0.4) is 0 Å². The first-order valence-electron chi connectivity index (χ1n) is 12.4. The topological polar surface area (TPSA) is 68.6 Å². The molecule has 0 bridgehead atoms. The van der Waals surface area contributed by atoms with Crippen molar-refractivity contribution in [2.75, 3.05) is 12.0 Å². The molecule has 4 rings (SSSR count). The van der Waals surface area contributed by atoms with Gasteiger partial charge >= 0.3 is 0 Å². The van der Waals surface area contributed by atoms with E-state index in [2.05, 4.69) is 0 Å². The lowest BCUT2D eigenvalue weighted by molar-refractivity contribution is -0.115. The lowest BCUT2D eigenvalue weighted by atomic mass is 9.99. The molecule has 0 N–H and O–H groups in total. The van der Waals surface area contributed by atoms with Crippen LogP contribution in [-0.4, -0.2) is 25.4 Å². The maximum Gasteiger partial charge on any atom is 0.267 e. The van der Waals surface area contributed by atoms with Gasteiger partial charge in [-0.25, -0.2) is 12.4 Å². The average molecular weight is 529 g/mol. The first-order valence-corrected chi connectivity index (χ1v) is 13.8. The Balaban J connectivity index is 1.91. The molecule has 196 valence electrons. The molecule has 0 atom stereocenters. The summed E-state index contributed by atoms with van der Waals surface area (Å²) in [5.74, 6) is 0.547. The van der Waals surface area contributed by atoms with Gasteiger partial charge < -0.3 is 4.74 Å². The first-order chi connectivity index (χ1) is 18.1. The van der Waals surface area contributed by atoms with Gasteiger partial charge in [-0.05, 0) is 72.0 Å². The molecule has 1 amide bonds. The summed E-state index contributed by atoms with van der Waals surface area (Å²) >= 11 is 0. The molecule has 0 aliphatic heterocycles. The summed E-state index contributed by atoms with van der Waals surface area (Å²) in [6.45, 7) is 7.46. The highest BCUT2D eigenvalue weighted by Crippen LogP contribution is 2.33. The van der Waals surface area contributed by atoms with Crippen molar-refractivity contribution in [1.29, 1.82) is 0 Å². The number of carbonyl (C=O) groups excluding carboxylic acids is 1. The Kier molecular flexibility index (Phi) is 7.88. The fraction of sp³-hybridized carbons (Fsp3) is 0.194. The fourth-order valence-electron chi connectivity index (χ4n) is 4.29. The molecule has 0 fully saturated rings. The molecule has 7 heteroatoms. The molecule has 0 saturated heterocycles. The molecular weight excluding hydrogens is 496 g/mol. The lowest BCUT2D eigenvalue weighted by Crippen LogP contribution is -2.26. The summed E-state index contributed by atoms with van der Waals surface area (Å²) in [5.41, 5.74) is 4.68. The van der Waals surface area contributed by atoms with Crippen LogP contribution in [0.25, 0.3) is 11.8 Å². The summed E-state index contributed by atoms with van der Waals surface area (Å²) in [4.78, 5) is 14.9. The van der Waals surface area contributed by atoms with Gasteiger partial charge in [0.05, 0.1) is 17.7 Å². The number of ether oxygens (including phenoxy) is 1. The number of aryl methyl sites for hydroxylation is 1. The van der Waals surface area contributed by atoms with E-state index in [0.29, 0.717) is 22.7 Å². The third-order valence-corrected chi connectivity index (χ3v) is 7.97. The Morgan fingerprint density at radius 1 is 0.921 bits per heavy atom. The second-order valence-corrected chi connectivity index (χ2v) is 11.3. The van der Waals surface area contributed by atoms with Crippen LogP contribution in [0, 0.1) is 6.92 Å². The molecule has 3 aromatic carbocycles. The van der Waals surface area contributed by atoms with E-state index in [1.54, 1.807) is 60.8 Å². The maximum absolute atomic E-state index is 13.5. The van der Waals surface area contributed by atoms with Crippen molar-refractivity contribution in [3.8, 4) is 5.75 Å². The zero-order chi connectivity index (χ0) is 27.4. The maximum atomic E-state index is 13.5. The average Bonchev–Trinajstić information content (AvgIpc) is 3.34. The molecule has 1 aromatic heterocycles. The zero-order valence-electron chi connectivity index (χ0n) is 22.3. The number of hydrogen-bond acceptors (Lipinski definition) is 4. The van der Waals surface area contributed by atoms with Crippen molar-refractivity contribution in [1.82, 2.24) is 3.97 Å². The van der Waals surface area contributed by atoms with Gasteiger partial charge in [0, 0.05) is 25.0 Å². The molecule has 0 unspecified atom stereocenters. The van der Waals surface area contributed by atoms with E-state index < -0.39 is 10.0 Å². The summed E-state index contributed by atoms with van der Waals surface area (Å²) in [6.07, 6.45) is 5.18. The fourth-order valence-corrected chi connectivity index (χ4v) is 5.52. The van der Waals surface area contributed by atoms with Crippen LogP contribution in [0.5, 0.6) is 5.75 Å². The van der Waals surface area contributed by atoms with Crippen molar-refractivity contribution in [3.05, 3.63) is 114 Å². The van der Waals surface area contributed by atoms with Crippen molar-refractivity contribution < 1.29 is 17.9 Å². The van der Waals surface area contributed by atoms with E-state index in [9.17, 15) is 13.2 Å². The normalized spacial score (nSPS) is 12.0. The minimum atomic E-state index is -3.79. The molecule has 1 heterocycles. The number of methoxy groups -OCH3 is 1. The van der Waals surface area contributed by atoms with E-state index in [0.717, 1.165) is 16.7 Å². The van der Waals surface area contributed by atoms with Crippen LogP contribution >= 0.6 is 0 Å². The second kappa shape index (κ2) is 11.1. The summed E-state index contributed by atoms with van der Waals surface area (Å²) in [5, 5.41) is 0. The summed E-state index contributed by atoms with van der Waals surface area (Å²) < 4.78 is 33.5. The predicted octanol–water partition coefficient (Wildman–Crippen LogP) is 6.72. The molecule has 0 spiro atoms. The van der Waals surface area contributed by atoms with Crippen LogP contribution in [0.1, 0.15) is 48.9 Å². The molecule has 4 aromatic rings. The van der Waals surface area contributed by atoms with E-state index in [1.165, 1.54) is 10.9 Å². The molecule has 38 heavy (non-hydrogen) atoms. The highest BCUT2D eigenvalue weighted by Gasteiger charge is 2.23. The molecule has 0 radical (unpaired) electrons. The van der Waals surface area contributed by atoms with Crippen LogP contribution in [0.4, 0.5) is 5.69 Å². The van der Waals surface area contributed by atoms with Gasteiger partial charge in [0.2, 0.25) is 5.91 Å². The Morgan fingerprint density at radius 3 is 2.11 bits per heavy atom. The van der Waals surface area contributed by atoms with Gasteiger partial charge in [-0.3, -0.25) is 9.69 Å². The van der Waals surface area contributed by atoms with Crippen LogP contribution in [-0.2, 0) is 14.8 Å². The monoisotopic (exact) mass is 528 g/mol. The van der Waals surface area contributed by atoms with Gasteiger partial charge in [-0.15, -0.1) is 0 Å². The smallest absolute Gasteiger partial charge is 0.267 e. The second-order valence-electron chi connectivity index (χ2n) is 9.42. The number of anilines is 1. The first kappa shape index (κ1) is 26.9. The molecule has 0 aliphatic carbocycles. The number of carbonyl (C=O) groups is 1. The Bertz CT molecular complexity index is 1550. The van der Waals surface area contributed by atoms with Crippen LogP contribution in [0.15, 0.2) is 96.2 Å². The Morgan fingerprint density at radius 2 is 1.55 bits per heavy atom.